The molecule has 7 heteroatoms. The van der Waals surface area contributed by atoms with Crippen molar-refractivity contribution in [1.29, 1.82) is 0 Å². The van der Waals surface area contributed by atoms with Gasteiger partial charge in [0.1, 0.15) is 5.75 Å². The Morgan fingerprint density at radius 1 is 0.926 bits per heavy atom. The highest BCUT2D eigenvalue weighted by Crippen LogP contribution is 2.25. The third-order valence-electron chi connectivity index (χ3n) is 4.33. The molecule has 1 saturated heterocycles. The zero-order chi connectivity index (χ0) is 19.6. The Labute approximate surface area is 156 Å². The number of carbonyl (C=O) groups is 4. The van der Waals surface area contributed by atoms with Gasteiger partial charge in [-0.3, -0.25) is 24.2 Å². The molecule has 27 heavy (non-hydrogen) atoms. The van der Waals surface area contributed by atoms with Gasteiger partial charge in [0.25, 0.3) is 0 Å². The van der Waals surface area contributed by atoms with Gasteiger partial charge in [0, 0.05) is 11.1 Å². The lowest BCUT2D eigenvalue weighted by atomic mass is 10.1. The van der Waals surface area contributed by atoms with Crippen molar-refractivity contribution in [3.8, 4) is 5.75 Å². The molecule has 138 valence electrons. The fourth-order valence-electron chi connectivity index (χ4n) is 2.89. The summed E-state index contributed by atoms with van der Waals surface area (Å²) in [6.07, 6.45) is 0. The Balaban J connectivity index is 1.86. The maximum absolute atomic E-state index is 12.7. The third kappa shape index (κ3) is 3.57. The number of benzene rings is 2. The average Bonchev–Trinajstić information content (AvgIpc) is 2.87. The lowest BCUT2D eigenvalue weighted by Gasteiger charge is -2.17. The van der Waals surface area contributed by atoms with E-state index in [9.17, 15) is 19.2 Å². The summed E-state index contributed by atoms with van der Waals surface area (Å²) in [7, 11) is 1.45. The van der Waals surface area contributed by atoms with E-state index in [4.69, 9.17) is 4.74 Å². The van der Waals surface area contributed by atoms with Crippen LogP contribution in [0.1, 0.15) is 28.4 Å². The molecule has 1 heterocycles. The largest absolute Gasteiger partial charge is 0.496 e. The number of carbonyl (C=O) groups excluding carboxylic acids is 4. The van der Waals surface area contributed by atoms with Gasteiger partial charge in [0.15, 0.2) is 5.78 Å². The minimum absolute atomic E-state index is 0.0192. The fraction of sp³-hybridized carbons (Fsp3) is 0.200. The molecule has 0 bridgehead atoms. The van der Waals surface area contributed by atoms with E-state index in [2.05, 4.69) is 0 Å². The van der Waals surface area contributed by atoms with Crippen molar-refractivity contribution in [2.45, 2.75) is 20.0 Å². The molecule has 2 aromatic rings. The second-order valence-electron chi connectivity index (χ2n) is 6.13. The molecule has 0 aromatic heterocycles. The lowest BCUT2D eigenvalue weighted by Crippen LogP contribution is -2.32. The van der Waals surface area contributed by atoms with E-state index in [1.54, 1.807) is 42.5 Å². The van der Waals surface area contributed by atoms with Crippen LogP contribution in [0, 0.1) is 0 Å². The van der Waals surface area contributed by atoms with Gasteiger partial charge < -0.3 is 4.74 Å². The van der Waals surface area contributed by atoms with Crippen molar-refractivity contribution >= 4 is 23.6 Å². The summed E-state index contributed by atoms with van der Waals surface area (Å²) in [5.41, 5.74) is 1.64. The summed E-state index contributed by atoms with van der Waals surface area (Å²) in [5.74, 6) is -1.49. The number of nitrogens with zero attached hydrogens (tertiary/aromatic N) is 2. The Bertz CT molecular complexity index is 923. The number of hydrogen-bond acceptors (Lipinski definition) is 5. The van der Waals surface area contributed by atoms with Gasteiger partial charge in [-0.05, 0) is 30.7 Å². The second kappa shape index (κ2) is 7.41. The molecule has 0 radical (unpaired) electrons. The van der Waals surface area contributed by atoms with Crippen molar-refractivity contribution in [3.63, 3.8) is 0 Å². The van der Waals surface area contributed by atoms with Crippen molar-refractivity contribution in [1.82, 2.24) is 9.80 Å². The van der Waals surface area contributed by atoms with Crippen molar-refractivity contribution < 1.29 is 23.9 Å². The fourth-order valence-corrected chi connectivity index (χ4v) is 2.89. The summed E-state index contributed by atoms with van der Waals surface area (Å²) in [6, 6.07) is 13.0. The molecule has 0 N–H and O–H groups in total. The molecule has 1 aliphatic rings. The molecule has 4 amide bonds. The van der Waals surface area contributed by atoms with Crippen LogP contribution in [0.4, 0.5) is 4.79 Å². The first-order valence-corrected chi connectivity index (χ1v) is 8.31. The Morgan fingerprint density at radius 2 is 1.56 bits per heavy atom. The van der Waals surface area contributed by atoms with E-state index >= 15 is 0 Å². The van der Waals surface area contributed by atoms with Crippen LogP contribution in [0.25, 0.3) is 0 Å². The van der Waals surface area contributed by atoms with Gasteiger partial charge in [0.05, 0.1) is 20.2 Å². The SMILES string of the molecule is COc1ccc(C(C)=O)cc1CN1C(=O)C(=O)N(Cc2ccccc2)C1=O. The molecule has 1 aliphatic heterocycles. The van der Waals surface area contributed by atoms with E-state index in [0.29, 0.717) is 16.9 Å². The van der Waals surface area contributed by atoms with E-state index in [0.717, 1.165) is 15.4 Å². The molecule has 0 unspecified atom stereocenters. The number of Topliss-reactive ketones (excluding diaryl/α,β-unsaturated/α-hetero) is 1. The second-order valence-corrected chi connectivity index (χ2v) is 6.13. The monoisotopic (exact) mass is 366 g/mol. The van der Waals surface area contributed by atoms with Crippen LogP contribution >= 0.6 is 0 Å². The average molecular weight is 366 g/mol. The zero-order valence-electron chi connectivity index (χ0n) is 15.0. The molecule has 0 saturated carbocycles. The van der Waals surface area contributed by atoms with Gasteiger partial charge >= 0.3 is 17.8 Å². The van der Waals surface area contributed by atoms with Gasteiger partial charge in [0.2, 0.25) is 0 Å². The van der Waals surface area contributed by atoms with Crippen molar-refractivity contribution in [3.05, 3.63) is 65.2 Å². The van der Waals surface area contributed by atoms with Crippen LogP contribution in [0.3, 0.4) is 0 Å². The molecule has 0 atom stereocenters. The maximum Gasteiger partial charge on any atom is 0.334 e. The summed E-state index contributed by atoms with van der Waals surface area (Å²) < 4.78 is 5.25. The minimum Gasteiger partial charge on any atom is -0.496 e. The van der Waals surface area contributed by atoms with E-state index in [1.165, 1.54) is 14.0 Å². The van der Waals surface area contributed by atoms with Crippen LogP contribution in [0.5, 0.6) is 5.75 Å². The molecular weight excluding hydrogens is 348 g/mol. The first-order chi connectivity index (χ1) is 12.9. The normalized spacial score (nSPS) is 14.1. The highest BCUT2D eigenvalue weighted by molar-refractivity contribution is 6.44. The molecule has 0 aliphatic carbocycles. The first-order valence-electron chi connectivity index (χ1n) is 8.31. The maximum atomic E-state index is 12.7. The summed E-state index contributed by atoms with van der Waals surface area (Å²) in [6.45, 7) is 1.28. The van der Waals surface area contributed by atoms with Gasteiger partial charge in [-0.15, -0.1) is 0 Å². The summed E-state index contributed by atoms with van der Waals surface area (Å²) in [4.78, 5) is 50.7. The number of hydrogen-bond donors (Lipinski definition) is 0. The number of imide groups is 2. The van der Waals surface area contributed by atoms with E-state index in [1.807, 2.05) is 6.07 Å². The predicted molar refractivity (Wildman–Crippen MR) is 95.9 cm³/mol. The highest BCUT2D eigenvalue weighted by Gasteiger charge is 2.44. The van der Waals surface area contributed by atoms with Crippen LogP contribution in [0.2, 0.25) is 0 Å². The first kappa shape index (κ1) is 18.3. The molecule has 0 spiro atoms. The van der Waals surface area contributed by atoms with Crippen LogP contribution in [-0.2, 0) is 22.7 Å². The molecular formula is C20H18N2O5. The van der Waals surface area contributed by atoms with Crippen LogP contribution in [-0.4, -0.2) is 40.5 Å². The highest BCUT2D eigenvalue weighted by atomic mass is 16.5. The van der Waals surface area contributed by atoms with Gasteiger partial charge in [-0.25, -0.2) is 4.79 Å². The molecule has 1 fully saturated rings. The number of urea groups is 1. The quantitative estimate of drug-likeness (QED) is 0.445. The molecule has 3 rings (SSSR count). The number of ether oxygens (including phenoxy) is 1. The third-order valence-corrected chi connectivity index (χ3v) is 4.33. The standard InChI is InChI=1S/C20H18N2O5/c1-13(23)15-8-9-17(27-2)16(10-15)12-22-19(25)18(24)21(20(22)26)11-14-6-4-3-5-7-14/h3-10H,11-12H2,1-2H3. The Morgan fingerprint density at radius 3 is 2.15 bits per heavy atom. The molecule has 7 nitrogen and oxygen atoms in total. The Kier molecular flexibility index (Phi) is 5.03. The summed E-state index contributed by atoms with van der Waals surface area (Å²) in [5, 5.41) is 0. The van der Waals surface area contributed by atoms with Gasteiger partial charge in [-0.2, -0.15) is 0 Å². The summed E-state index contributed by atoms with van der Waals surface area (Å²) >= 11 is 0. The topological polar surface area (TPSA) is 84.0 Å². The van der Waals surface area contributed by atoms with E-state index in [-0.39, 0.29) is 18.9 Å². The Hall–Kier alpha value is -3.48. The van der Waals surface area contributed by atoms with Crippen molar-refractivity contribution in [2.24, 2.45) is 0 Å². The van der Waals surface area contributed by atoms with Gasteiger partial charge in [-0.1, -0.05) is 30.3 Å². The van der Waals surface area contributed by atoms with Crippen LogP contribution in [0.15, 0.2) is 48.5 Å². The smallest absolute Gasteiger partial charge is 0.334 e. The number of amides is 4. The van der Waals surface area contributed by atoms with E-state index < -0.39 is 17.8 Å². The number of ketones is 1. The predicted octanol–water partition coefficient (Wildman–Crippen LogP) is 2.39. The van der Waals surface area contributed by atoms with Crippen molar-refractivity contribution in [2.75, 3.05) is 7.11 Å². The molecule has 2 aromatic carbocycles. The zero-order valence-corrected chi connectivity index (χ0v) is 15.0. The van der Waals surface area contributed by atoms with Crippen LogP contribution < -0.4 is 4.74 Å². The minimum atomic E-state index is -0.897. The number of methoxy groups -OCH3 is 1. The lowest BCUT2D eigenvalue weighted by molar-refractivity contribution is -0.143. The number of rotatable bonds is 6.